The highest BCUT2D eigenvalue weighted by Crippen LogP contribution is 2.12. The number of nitrogens with zero attached hydrogens (tertiary/aromatic N) is 4. The molecule has 0 amide bonds. The average molecular weight is 335 g/mol. The first kappa shape index (κ1) is 17.6. The normalized spacial score (nSPS) is 11.2. The molecule has 0 aliphatic heterocycles. The summed E-state index contributed by atoms with van der Waals surface area (Å²) in [6.07, 6.45) is 14.4. The minimum Gasteiger partial charge on any atom is -0.270 e. The van der Waals surface area contributed by atoms with E-state index in [0.29, 0.717) is 0 Å². The first-order valence-electron chi connectivity index (χ1n) is 9.51. The number of fused-ring (bicyclic) bond motifs is 1. The van der Waals surface area contributed by atoms with Gasteiger partial charge in [-0.15, -0.1) is 0 Å². The molecule has 0 aliphatic rings. The molecule has 0 unspecified atom stereocenters. The lowest BCUT2D eigenvalue weighted by molar-refractivity contribution is 0.537. The zero-order chi connectivity index (χ0) is 17.3. The van der Waals surface area contributed by atoms with Crippen LogP contribution in [0.15, 0.2) is 36.5 Å². The van der Waals surface area contributed by atoms with Crippen LogP contribution in [0.5, 0.6) is 0 Å². The smallest absolute Gasteiger partial charge is 0.185 e. The quantitative estimate of drug-likeness (QED) is 0.501. The van der Waals surface area contributed by atoms with Crippen LogP contribution < -0.4 is 0 Å². The Balaban J connectivity index is 1.40. The highest BCUT2D eigenvalue weighted by molar-refractivity contribution is 5.71. The zero-order valence-corrected chi connectivity index (χ0v) is 15.1. The Labute approximate surface area is 150 Å². The Bertz CT molecular complexity index is 764. The van der Waals surface area contributed by atoms with Crippen LogP contribution in [0.2, 0.25) is 0 Å². The molecule has 2 heterocycles. The molecule has 1 aromatic carbocycles. The molecule has 4 nitrogen and oxygen atoms in total. The predicted octanol–water partition coefficient (Wildman–Crippen LogP) is 4.77. The van der Waals surface area contributed by atoms with E-state index in [1.165, 1.54) is 31.2 Å². The van der Waals surface area contributed by atoms with Crippen LogP contribution in [0.4, 0.5) is 0 Å². The van der Waals surface area contributed by atoms with Gasteiger partial charge in [0.2, 0.25) is 0 Å². The number of unbranched alkanes of at least 4 members (excludes halogenated alkanes) is 4. The lowest BCUT2D eigenvalue weighted by atomic mass is 10.1. The molecule has 4 heteroatoms. The average Bonchev–Trinajstić information content (AvgIpc) is 3.05. The Kier molecular flexibility index (Phi) is 6.55. The lowest BCUT2D eigenvalue weighted by Gasteiger charge is -2.02. The van der Waals surface area contributed by atoms with Gasteiger partial charge in [-0.1, -0.05) is 56.5 Å². The molecule has 2 aromatic heterocycles. The van der Waals surface area contributed by atoms with Crippen molar-refractivity contribution < 1.29 is 0 Å². The van der Waals surface area contributed by atoms with Crippen molar-refractivity contribution in [1.82, 2.24) is 19.7 Å². The molecule has 25 heavy (non-hydrogen) atoms. The molecule has 0 spiro atoms. The minimum absolute atomic E-state index is 0.783. The fraction of sp³-hybridized carbons (Fsp3) is 0.476. The molecule has 3 rings (SSSR count). The topological polar surface area (TPSA) is 43.6 Å². The molecule has 0 saturated carbocycles. The van der Waals surface area contributed by atoms with Crippen molar-refractivity contribution in [3.63, 3.8) is 0 Å². The van der Waals surface area contributed by atoms with E-state index in [0.717, 1.165) is 49.1 Å². The third kappa shape index (κ3) is 5.38. The van der Waals surface area contributed by atoms with Crippen molar-refractivity contribution >= 4 is 11.0 Å². The first-order valence-corrected chi connectivity index (χ1v) is 9.51. The molecule has 131 valence electrons. The van der Waals surface area contributed by atoms with Crippen molar-refractivity contribution in [2.75, 3.05) is 0 Å². The second-order valence-corrected chi connectivity index (χ2v) is 6.63. The largest absolute Gasteiger partial charge is 0.270 e. The summed E-state index contributed by atoms with van der Waals surface area (Å²) in [7, 11) is 0. The predicted molar refractivity (Wildman–Crippen MR) is 101 cm³/mol. The monoisotopic (exact) mass is 335 g/mol. The maximum absolute atomic E-state index is 4.58. The Morgan fingerprint density at radius 3 is 2.64 bits per heavy atom. The second kappa shape index (κ2) is 9.30. The van der Waals surface area contributed by atoms with Crippen LogP contribution in [0.25, 0.3) is 11.0 Å². The molecule has 0 bridgehead atoms. The Morgan fingerprint density at radius 1 is 0.960 bits per heavy atom. The summed E-state index contributed by atoms with van der Waals surface area (Å²) < 4.78 is 2.00. The summed E-state index contributed by atoms with van der Waals surface area (Å²) >= 11 is 0. The number of benzene rings is 1. The van der Waals surface area contributed by atoms with E-state index < -0.39 is 0 Å². The fourth-order valence-corrected chi connectivity index (χ4v) is 3.01. The number of hydrogen-bond acceptors (Lipinski definition) is 3. The van der Waals surface area contributed by atoms with Gasteiger partial charge in [0.25, 0.3) is 0 Å². The third-order valence-electron chi connectivity index (χ3n) is 4.48. The number of aromatic nitrogens is 4. The Hall–Kier alpha value is -2.23. The minimum atomic E-state index is 0.783. The van der Waals surface area contributed by atoms with Crippen LogP contribution in [-0.2, 0) is 19.4 Å². The molecule has 3 aromatic rings. The van der Waals surface area contributed by atoms with Crippen LogP contribution in [-0.4, -0.2) is 19.7 Å². The van der Waals surface area contributed by atoms with Crippen molar-refractivity contribution in [2.45, 2.75) is 64.8 Å². The second-order valence-electron chi connectivity index (χ2n) is 6.63. The summed E-state index contributed by atoms with van der Waals surface area (Å²) in [6.45, 7) is 3.12. The summed E-state index contributed by atoms with van der Waals surface area (Å²) in [4.78, 5) is 8.87. The van der Waals surface area contributed by atoms with Crippen LogP contribution >= 0.6 is 0 Å². The standard InChI is InChI=1S/C21H27N4/c1-2-3-14-20-22-16-19-17-25(24-21(19)23-20)15-10-5-4-7-11-18-12-8-6-9-13-18/h6,8-9,12-13,17H,2-5,7,10-11,14-15H2,1H3. The molecule has 1 radical (unpaired) electrons. The molecule has 0 atom stereocenters. The Morgan fingerprint density at radius 2 is 1.80 bits per heavy atom. The van der Waals surface area contributed by atoms with Gasteiger partial charge in [-0.05, 0) is 31.2 Å². The highest BCUT2D eigenvalue weighted by atomic mass is 15.3. The number of aryl methyl sites for hydroxylation is 3. The van der Waals surface area contributed by atoms with Gasteiger partial charge >= 0.3 is 0 Å². The summed E-state index contributed by atoms with van der Waals surface area (Å²) in [6, 6.07) is 10.7. The van der Waals surface area contributed by atoms with Gasteiger partial charge in [0.05, 0.1) is 5.39 Å². The van der Waals surface area contributed by atoms with Crippen molar-refractivity contribution in [3.05, 3.63) is 54.1 Å². The summed E-state index contributed by atoms with van der Waals surface area (Å²) in [5, 5.41) is 5.50. The van der Waals surface area contributed by atoms with Gasteiger partial charge in [0.15, 0.2) is 5.65 Å². The molecule has 0 N–H and O–H groups in total. The van der Waals surface area contributed by atoms with E-state index in [-0.39, 0.29) is 0 Å². The van der Waals surface area contributed by atoms with Gasteiger partial charge in [-0.2, -0.15) is 5.10 Å². The third-order valence-corrected chi connectivity index (χ3v) is 4.48. The zero-order valence-electron chi connectivity index (χ0n) is 15.1. The highest BCUT2D eigenvalue weighted by Gasteiger charge is 2.05. The maximum atomic E-state index is 4.58. The SMILES string of the molecule is CCCCc1n[c]c2cn(CCCCCCc3ccccc3)nc2n1. The van der Waals surface area contributed by atoms with Crippen molar-refractivity contribution in [1.29, 1.82) is 0 Å². The van der Waals surface area contributed by atoms with Crippen LogP contribution in [0.1, 0.15) is 56.8 Å². The molecular weight excluding hydrogens is 308 g/mol. The van der Waals surface area contributed by atoms with Gasteiger partial charge < -0.3 is 0 Å². The van der Waals surface area contributed by atoms with E-state index in [1.807, 2.05) is 10.9 Å². The fourth-order valence-electron chi connectivity index (χ4n) is 3.01. The molecule has 0 aliphatic carbocycles. The number of rotatable bonds is 10. The van der Waals surface area contributed by atoms with Crippen LogP contribution in [0, 0.1) is 6.20 Å². The first-order chi connectivity index (χ1) is 12.3. The van der Waals surface area contributed by atoms with Gasteiger partial charge in [0.1, 0.15) is 12.0 Å². The molecular formula is C21H27N4. The van der Waals surface area contributed by atoms with Crippen molar-refractivity contribution in [2.24, 2.45) is 0 Å². The molecule has 0 saturated heterocycles. The van der Waals surface area contributed by atoms with Crippen molar-refractivity contribution in [3.8, 4) is 0 Å². The van der Waals surface area contributed by atoms with Gasteiger partial charge in [-0.25, -0.2) is 9.97 Å². The number of hydrogen-bond donors (Lipinski definition) is 0. The van der Waals surface area contributed by atoms with Crippen LogP contribution in [0.3, 0.4) is 0 Å². The summed E-state index contributed by atoms with van der Waals surface area (Å²) in [5.74, 6) is 0.862. The van der Waals surface area contributed by atoms with E-state index in [9.17, 15) is 0 Å². The maximum Gasteiger partial charge on any atom is 0.185 e. The van der Waals surface area contributed by atoms with Gasteiger partial charge in [-0.3, -0.25) is 4.68 Å². The molecule has 0 fully saturated rings. The van der Waals surface area contributed by atoms with E-state index in [1.54, 1.807) is 0 Å². The van der Waals surface area contributed by atoms with Gasteiger partial charge in [0, 0.05) is 19.2 Å². The van der Waals surface area contributed by atoms with E-state index in [2.05, 4.69) is 58.5 Å². The lowest BCUT2D eigenvalue weighted by Crippen LogP contribution is -1.99. The van der Waals surface area contributed by atoms with E-state index >= 15 is 0 Å². The van der Waals surface area contributed by atoms with E-state index in [4.69, 9.17) is 0 Å². The summed E-state index contributed by atoms with van der Waals surface area (Å²) in [5.41, 5.74) is 2.22.